The first-order valence-corrected chi connectivity index (χ1v) is 8.92. The summed E-state index contributed by atoms with van der Waals surface area (Å²) in [6.45, 7) is 0.351. The molecule has 2 fully saturated rings. The van der Waals surface area contributed by atoms with E-state index in [0.717, 1.165) is 0 Å². The maximum atomic E-state index is 12.7. The summed E-state index contributed by atoms with van der Waals surface area (Å²) >= 11 is 0. The zero-order valence-electron chi connectivity index (χ0n) is 14.8. The quantitative estimate of drug-likeness (QED) is 0.280. The Hall–Kier alpha value is -2.45. The monoisotopic (exact) mass is 365 g/mol. The van der Waals surface area contributed by atoms with Gasteiger partial charge in [0.25, 0.3) is 0 Å². The number of nitrogens with two attached hydrogens (primary N) is 3. The number of nitrogens with one attached hydrogen (secondary N) is 1. The summed E-state index contributed by atoms with van der Waals surface area (Å²) in [5, 5.41) is 2.63. The molecule has 2 rings (SSSR count). The molecule has 0 radical (unpaired) electrons. The molecule has 1 saturated heterocycles. The number of rotatable bonds is 5. The smallest absolute Gasteiger partial charge is 0.240 e. The Morgan fingerprint density at radius 1 is 1.12 bits per heavy atom. The fourth-order valence-electron chi connectivity index (χ4n) is 4.16. The average molecular weight is 365 g/mol. The van der Waals surface area contributed by atoms with Gasteiger partial charge in [0.1, 0.15) is 17.6 Å². The van der Waals surface area contributed by atoms with Gasteiger partial charge in [-0.1, -0.05) is 0 Å². The fraction of sp³-hybridized carbons (Fsp3) is 0.706. The third kappa shape index (κ3) is 4.80. The Morgan fingerprint density at radius 3 is 2.27 bits per heavy atom. The lowest BCUT2D eigenvalue weighted by Gasteiger charge is -2.46. The summed E-state index contributed by atoms with van der Waals surface area (Å²) in [4.78, 5) is 53.0. The zero-order chi connectivity index (χ0) is 19.3. The SMILES string of the molecule is NC(=O)C1CC2(CC(=O)CCCC(=O)C2)[C@@H](CCCN=C(N)N)C(=O)N1. The zero-order valence-corrected chi connectivity index (χ0v) is 14.8. The molecular formula is C17H27N5O4. The molecule has 1 heterocycles. The molecular weight excluding hydrogens is 338 g/mol. The number of ketones is 2. The predicted octanol–water partition coefficient (Wildman–Crippen LogP) is -0.881. The minimum Gasteiger partial charge on any atom is -0.370 e. The van der Waals surface area contributed by atoms with E-state index in [-0.39, 0.29) is 42.7 Å². The van der Waals surface area contributed by atoms with Gasteiger partial charge in [-0.3, -0.25) is 24.2 Å². The predicted molar refractivity (Wildman–Crippen MR) is 94.7 cm³/mol. The Balaban J connectivity index is 2.29. The number of guanidine groups is 1. The van der Waals surface area contributed by atoms with Crippen molar-refractivity contribution >= 4 is 29.3 Å². The molecule has 0 aromatic carbocycles. The second-order valence-corrected chi connectivity index (χ2v) is 7.32. The molecule has 1 spiro atoms. The second-order valence-electron chi connectivity index (χ2n) is 7.32. The Bertz CT molecular complexity index is 609. The largest absolute Gasteiger partial charge is 0.370 e. The van der Waals surface area contributed by atoms with Crippen LogP contribution in [0.25, 0.3) is 0 Å². The third-order valence-corrected chi connectivity index (χ3v) is 5.28. The van der Waals surface area contributed by atoms with Crippen LogP contribution in [0.4, 0.5) is 0 Å². The maximum Gasteiger partial charge on any atom is 0.240 e. The van der Waals surface area contributed by atoms with E-state index < -0.39 is 23.3 Å². The number of carbonyl (C=O) groups is 4. The first kappa shape index (κ1) is 19.9. The molecule has 26 heavy (non-hydrogen) atoms. The molecule has 1 saturated carbocycles. The highest BCUT2D eigenvalue weighted by Gasteiger charge is 2.51. The van der Waals surface area contributed by atoms with Gasteiger partial charge in [-0.15, -0.1) is 0 Å². The molecule has 144 valence electrons. The topological polar surface area (TPSA) is 171 Å². The minimum atomic E-state index is -0.866. The first-order valence-electron chi connectivity index (χ1n) is 8.92. The Kier molecular flexibility index (Phi) is 6.33. The van der Waals surface area contributed by atoms with Crippen molar-refractivity contribution in [2.24, 2.45) is 33.5 Å². The number of hydrogen-bond donors (Lipinski definition) is 4. The van der Waals surface area contributed by atoms with E-state index in [1.54, 1.807) is 0 Å². The van der Waals surface area contributed by atoms with Crippen LogP contribution in [0.5, 0.6) is 0 Å². The van der Waals surface area contributed by atoms with E-state index in [4.69, 9.17) is 17.2 Å². The van der Waals surface area contributed by atoms with Crippen LogP contribution in [0.2, 0.25) is 0 Å². The number of hydrogen-bond acceptors (Lipinski definition) is 5. The van der Waals surface area contributed by atoms with Gasteiger partial charge in [0, 0.05) is 38.1 Å². The van der Waals surface area contributed by atoms with Gasteiger partial charge in [-0.2, -0.15) is 0 Å². The highest BCUT2D eigenvalue weighted by atomic mass is 16.2. The molecule has 1 aliphatic heterocycles. The van der Waals surface area contributed by atoms with Crippen LogP contribution in [-0.2, 0) is 19.2 Å². The molecule has 0 aromatic heterocycles. The van der Waals surface area contributed by atoms with Gasteiger partial charge in [0.15, 0.2) is 5.96 Å². The van der Waals surface area contributed by atoms with Crippen LogP contribution in [-0.4, -0.2) is 41.9 Å². The normalized spacial score (nSPS) is 25.9. The molecule has 1 aliphatic carbocycles. The molecule has 0 aromatic rings. The van der Waals surface area contributed by atoms with Crippen LogP contribution >= 0.6 is 0 Å². The Labute approximate surface area is 152 Å². The van der Waals surface area contributed by atoms with Crippen molar-refractivity contribution in [3.63, 3.8) is 0 Å². The number of nitrogens with zero attached hydrogens (tertiary/aromatic N) is 1. The highest BCUT2D eigenvalue weighted by molar-refractivity contribution is 5.92. The van der Waals surface area contributed by atoms with E-state index in [2.05, 4.69) is 10.3 Å². The van der Waals surface area contributed by atoms with Gasteiger partial charge in [0.05, 0.1) is 0 Å². The van der Waals surface area contributed by atoms with E-state index >= 15 is 0 Å². The van der Waals surface area contributed by atoms with E-state index in [1.807, 2.05) is 0 Å². The second kappa shape index (κ2) is 8.29. The minimum absolute atomic E-state index is 0.0182. The van der Waals surface area contributed by atoms with Crippen LogP contribution in [0, 0.1) is 11.3 Å². The van der Waals surface area contributed by atoms with Crippen molar-refractivity contribution in [1.29, 1.82) is 0 Å². The van der Waals surface area contributed by atoms with Crippen molar-refractivity contribution in [1.82, 2.24) is 5.32 Å². The van der Waals surface area contributed by atoms with Crippen molar-refractivity contribution in [2.45, 2.75) is 57.4 Å². The summed E-state index contributed by atoms with van der Waals surface area (Å²) in [7, 11) is 0. The lowest BCUT2D eigenvalue weighted by molar-refractivity contribution is -0.145. The van der Waals surface area contributed by atoms with Gasteiger partial charge in [-0.25, -0.2) is 0 Å². The van der Waals surface area contributed by atoms with E-state index in [9.17, 15) is 19.2 Å². The molecule has 9 heteroatoms. The molecule has 2 aliphatic rings. The molecule has 1 unspecified atom stereocenters. The van der Waals surface area contributed by atoms with Gasteiger partial charge in [-0.05, 0) is 31.1 Å². The van der Waals surface area contributed by atoms with Crippen LogP contribution in [0.15, 0.2) is 4.99 Å². The summed E-state index contributed by atoms with van der Waals surface area (Å²) in [6, 6.07) is -0.864. The molecule has 0 bridgehead atoms. The lowest BCUT2D eigenvalue weighted by Crippen LogP contribution is -2.59. The lowest BCUT2D eigenvalue weighted by atomic mass is 9.60. The fourth-order valence-corrected chi connectivity index (χ4v) is 4.16. The average Bonchev–Trinajstić information content (AvgIpc) is 2.51. The number of Topliss-reactive ketones (excluding diaryl/α,β-unsaturated/α-hetero) is 2. The number of amides is 2. The summed E-state index contributed by atoms with van der Waals surface area (Å²) in [5.41, 5.74) is 15.1. The standard InChI is InChI=1S/C17H27N5O4/c18-14(25)13-9-17(7-10(23)3-1-4-11(24)8-17)12(15(26)22-13)5-2-6-21-16(19)20/h12-13H,1-9H2,(H2,18,25)(H,22,26)(H4,19,20,21)/t12-,13?/m0/s1. The molecule has 2 amide bonds. The van der Waals surface area contributed by atoms with E-state index in [0.29, 0.717) is 38.6 Å². The van der Waals surface area contributed by atoms with Crippen LogP contribution < -0.4 is 22.5 Å². The summed E-state index contributed by atoms with van der Waals surface area (Å²) < 4.78 is 0. The van der Waals surface area contributed by atoms with Crippen molar-refractivity contribution in [3.05, 3.63) is 0 Å². The van der Waals surface area contributed by atoms with Gasteiger partial charge in [0.2, 0.25) is 11.8 Å². The molecule has 9 nitrogen and oxygen atoms in total. The summed E-state index contributed by atoms with van der Waals surface area (Å²) in [6.07, 6.45) is 2.56. The van der Waals surface area contributed by atoms with Gasteiger partial charge < -0.3 is 22.5 Å². The molecule has 7 N–H and O–H groups in total. The first-order chi connectivity index (χ1) is 12.2. The molecule has 2 atom stereocenters. The van der Waals surface area contributed by atoms with Crippen molar-refractivity contribution in [3.8, 4) is 0 Å². The summed E-state index contributed by atoms with van der Waals surface area (Å²) in [5.74, 6) is -1.55. The van der Waals surface area contributed by atoms with Gasteiger partial charge >= 0.3 is 0 Å². The Morgan fingerprint density at radius 2 is 1.73 bits per heavy atom. The van der Waals surface area contributed by atoms with E-state index in [1.165, 1.54) is 0 Å². The third-order valence-electron chi connectivity index (χ3n) is 5.28. The number of primary amides is 1. The van der Waals surface area contributed by atoms with Crippen LogP contribution in [0.3, 0.4) is 0 Å². The maximum absolute atomic E-state index is 12.7. The van der Waals surface area contributed by atoms with Crippen molar-refractivity contribution in [2.75, 3.05) is 6.54 Å². The highest BCUT2D eigenvalue weighted by Crippen LogP contribution is 2.47. The number of aliphatic imine (C=N–C) groups is 1. The number of piperidine rings is 1. The van der Waals surface area contributed by atoms with Crippen molar-refractivity contribution < 1.29 is 19.2 Å². The number of carbonyl (C=O) groups excluding carboxylic acids is 4. The van der Waals surface area contributed by atoms with Crippen LogP contribution in [0.1, 0.15) is 51.4 Å².